The Morgan fingerprint density at radius 2 is 1.78 bits per heavy atom. The fraction of sp³-hybridized carbons (Fsp3) is 0.267. The third-order valence-electron chi connectivity index (χ3n) is 2.90. The van der Waals surface area contributed by atoms with E-state index >= 15 is 0 Å². The first-order chi connectivity index (χ1) is 8.67. The predicted molar refractivity (Wildman–Crippen MR) is 71.4 cm³/mol. The van der Waals surface area contributed by atoms with Crippen LogP contribution in [-0.4, -0.2) is 20.0 Å². The van der Waals surface area contributed by atoms with E-state index in [-0.39, 0.29) is 5.78 Å². The second-order valence-corrected chi connectivity index (χ2v) is 4.20. The smallest absolute Gasteiger partial charge is 0.134 e. The van der Waals surface area contributed by atoms with Crippen molar-refractivity contribution in [3.05, 3.63) is 35.9 Å². The first-order valence-corrected chi connectivity index (χ1v) is 5.79. The summed E-state index contributed by atoms with van der Waals surface area (Å²) in [6, 6.07) is 9.73. The second kappa shape index (κ2) is 5.08. The van der Waals surface area contributed by atoms with E-state index in [1.807, 2.05) is 30.3 Å². The maximum Gasteiger partial charge on any atom is 0.134 e. The fourth-order valence-corrected chi connectivity index (χ4v) is 2.18. The summed E-state index contributed by atoms with van der Waals surface area (Å²) in [6.45, 7) is 1.57. The van der Waals surface area contributed by atoms with E-state index in [1.54, 1.807) is 21.1 Å². The van der Waals surface area contributed by atoms with Gasteiger partial charge in [0.25, 0.3) is 0 Å². The molecule has 0 saturated carbocycles. The molecule has 0 heterocycles. The quantitative estimate of drug-likeness (QED) is 0.829. The number of carbonyl (C=O) groups is 1. The normalized spacial score (nSPS) is 10.4. The molecule has 3 nitrogen and oxygen atoms in total. The lowest BCUT2D eigenvalue weighted by atomic mass is 10.0. The topological polar surface area (TPSA) is 35.5 Å². The van der Waals surface area contributed by atoms with Crippen molar-refractivity contribution in [3.63, 3.8) is 0 Å². The van der Waals surface area contributed by atoms with Gasteiger partial charge in [0, 0.05) is 22.8 Å². The van der Waals surface area contributed by atoms with Crippen LogP contribution < -0.4 is 9.47 Å². The minimum Gasteiger partial charge on any atom is -0.496 e. The first-order valence-electron chi connectivity index (χ1n) is 5.79. The van der Waals surface area contributed by atoms with E-state index in [0.29, 0.717) is 6.42 Å². The molecular formula is C15H16O3. The molecule has 2 aromatic rings. The van der Waals surface area contributed by atoms with Gasteiger partial charge in [-0.2, -0.15) is 0 Å². The van der Waals surface area contributed by atoms with Gasteiger partial charge in [-0.1, -0.05) is 24.3 Å². The van der Waals surface area contributed by atoms with Crippen LogP contribution in [0.15, 0.2) is 30.3 Å². The van der Waals surface area contributed by atoms with Crippen LogP contribution in [-0.2, 0) is 11.2 Å². The van der Waals surface area contributed by atoms with Crippen LogP contribution in [0.25, 0.3) is 10.8 Å². The molecule has 2 aromatic carbocycles. The van der Waals surface area contributed by atoms with Crippen LogP contribution in [0.2, 0.25) is 0 Å². The molecule has 0 amide bonds. The summed E-state index contributed by atoms with van der Waals surface area (Å²) >= 11 is 0. The monoisotopic (exact) mass is 244 g/mol. The Morgan fingerprint density at radius 1 is 1.11 bits per heavy atom. The lowest BCUT2D eigenvalue weighted by Crippen LogP contribution is -2.01. The second-order valence-electron chi connectivity index (χ2n) is 4.20. The van der Waals surface area contributed by atoms with E-state index in [0.717, 1.165) is 27.8 Å². The predicted octanol–water partition coefficient (Wildman–Crippen LogP) is 2.99. The third-order valence-corrected chi connectivity index (χ3v) is 2.90. The van der Waals surface area contributed by atoms with Gasteiger partial charge >= 0.3 is 0 Å². The Kier molecular flexibility index (Phi) is 3.51. The van der Waals surface area contributed by atoms with Gasteiger partial charge in [-0.15, -0.1) is 0 Å². The minimum atomic E-state index is 0.102. The Hall–Kier alpha value is -2.03. The molecule has 0 spiro atoms. The molecule has 3 heteroatoms. The van der Waals surface area contributed by atoms with Crippen molar-refractivity contribution in [2.75, 3.05) is 14.2 Å². The number of fused-ring (bicyclic) bond motifs is 1. The van der Waals surface area contributed by atoms with Gasteiger partial charge in [0.1, 0.15) is 17.3 Å². The van der Waals surface area contributed by atoms with Gasteiger partial charge in [0.2, 0.25) is 0 Å². The zero-order valence-corrected chi connectivity index (χ0v) is 10.8. The van der Waals surface area contributed by atoms with Gasteiger partial charge < -0.3 is 9.47 Å². The lowest BCUT2D eigenvalue weighted by molar-refractivity contribution is -0.116. The van der Waals surface area contributed by atoms with E-state index in [1.165, 1.54) is 0 Å². The molecule has 0 saturated heterocycles. The molecule has 0 aliphatic carbocycles. The maximum absolute atomic E-state index is 11.3. The number of Topliss-reactive ketones (excluding diaryl/α,β-unsaturated/α-hetero) is 1. The SMILES string of the molecule is COc1cc(CC(C)=O)c(OC)c2ccccc12. The van der Waals surface area contributed by atoms with Gasteiger partial charge in [-0.3, -0.25) is 4.79 Å². The summed E-state index contributed by atoms with van der Waals surface area (Å²) in [7, 11) is 3.25. The van der Waals surface area contributed by atoms with Crippen LogP contribution in [0.1, 0.15) is 12.5 Å². The number of carbonyl (C=O) groups excluding carboxylic acids is 1. The van der Waals surface area contributed by atoms with Gasteiger partial charge in [-0.05, 0) is 13.0 Å². The van der Waals surface area contributed by atoms with Crippen molar-refractivity contribution >= 4 is 16.6 Å². The van der Waals surface area contributed by atoms with Gasteiger partial charge in [-0.25, -0.2) is 0 Å². The highest BCUT2D eigenvalue weighted by Gasteiger charge is 2.13. The zero-order chi connectivity index (χ0) is 13.1. The van der Waals surface area contributed by atoms with Gasteiger partial charge in [0.15, 0.2) is 0 Å². The number of hydrogen-bond donors (Lipinski definition) is 0. The molecule has 18 heavy (non-hydrogen) atoms. The van der Waals surface area contributed by atoms with Crippen LogP contribution >= 0.6 is 0 Å². The van der Waals surface area contributed by atoms with Gasteiger partial charge in [0.05, 0.1) is 14.2 Å². The fourth-order valence-electron chi connectivity index (χ4n) is 2.18. The third kappa shape index (κ3) is 2.16. The molecule has 0 aromatic heterocycles. The van der Waals surface area contributed by atoms with Crippen molar-refractivity contribution in [1.82, 2.24) is 0 Å². The average molecular weight is 244 g/mol. The molecule has 0 bridgehead atoms. The molecule has 0 N–H and O–H groups in total. The highest BCUT2D eigenvalue weighted by molar-refractivity contribution is 5.95. The summed E-state index contributed by atoms with van der Waals surface area (Å²) in [5.41, 5.74) is 0.862. The summed E-state index contributed by atoms with van der Waals surface area (Å²) in [4.78, 5) is 11.3. The van der Waals surface area contributed by atoms with Crippen molar-refractivity contribution in [2.45, 2.75) is 13.3 Å². The van der Waals surface area contributed by atoms with Crippen LogP contribution in [0, 0.1) is 0 Å². The number of methoxy groups -OCH3 is 2. The van der Waals surface area contributed by atoms with E-state index in [2.05, 4.69) is 0 Å². The molecule has 0 aliphatic rings. The molecule has 0 unspecified atom stereocenters. The Morgan fingerprint density at radius 3 is 2.33 bits per heavy atom. The van der Waals surface area contributed by atoms with Crippen LogP contribution in [0.4, 0.5) is 0 Å². The van der Waals surface area contributed by atoms with Crippen LogP contribution in [0.3, 0.4) is 0 Å². The molecule has 0 atom stereocenters. The summed E-state index contributed by atoms with van der Waals surface area (Å²) in [5, 5.41) is 1.96. The highest BCUT2D eigenvalue weighted by atomic mass is 16.5. The van der Waals surface area contributed by atoms with Crippen LogP contribution in [0.5, 0.6) is 11.5 Å². The Labute approximate surface area is 106 Å². The number of benzene rings is 2. The van der Waals surface area contributed by atoms with Crippen molar-refractivity contribution in [2.24, 2.45) is 0 Å². The maximum atomic E-state index is 11.3. The Balaban J connectivity index is 2.74. The number of ether oxygens (including phenoxy) is 2. The largest absolute Gasteiger partial charge is 0.496 e. The number of hydrogen-bond acceptors (Lipinski definition) is 3. The van der Waals surface area contributed by atoms with Crippen molar-refractivity contribution in [1.29, 1.82) is 0 Å². The van der Waals surface area contributed by atoms with E-state index in [4.69, 9.17) is 9.47 Å². The Bertz CT molecular complexity index is 588. The zero-order valence-electron chi connectivity index (χ0n) is 10.8. The molecule has 2 rings (SSSR count). The summed E-state index contributed by atoms with van der Waals surface area (Å²) in [6.07, 6.45) is 0.352. The average Bonchev–Trinajstić information content (AvgIpc) is 2.37. The first kappa shape index (κ1) is 12.4. The lowest BCUT2D eigenvalue weighted by Gasteiger charge is -2.14. The minimum absolute atomic E-state index is 0.102. The van der Waals surface area contributed by atoms with E-state index < -0.39 is 0 Å². The number of ketones is 1. The molecule has 0 radical (unpaired) electrons. The molecular weight excluding hydrogens is 228 g/mol. The highest BCUT2D eigenvalue weighted by Crippen LogP contribution is 2.36. The molecule has 0 aliphatic heterocycles. The number of rotatable bonds is 4. The van der Waals surface area contributed by atoms with Crippen molar-refractivity contribution < 1.29 is 14.3 Å². The summed E-state index contributed by atoms with van der Waals surface area (Å²) < 4.78 is 10.8. The summed E-state index contributed by atoms with van der Waals surface area (Å²) in [5.74, 6) is 1.62. The standard InChI is InChI=1S/C15H16O3/c1-10(16)8-11-9-14(17-2)12-6-4-5-7-13(12)15(11)18-3/h4-7,9H,8H2,1-3H3. The van der Waals surface area contributed by atoms with E-state index in [9.17, 15) is 4.79 Å². The molecule has 0 fully saturated rings. The molecule has 94 valence electrons. The van der Waals surface area contributed by atoms with Crippen molar-refractivity contribution in [3.8, 4) is 11.5 Å².